The van der Waals surface area contributed by atoms with Crippen molar-refractivity contribution in [1.29, 1.82) is 0 Å². The van der Waals surface area contributed by atoms with Crippen LogP contribution in [-0.2, 0) is 16.1 Å². The molecule has 2 heterocycles. The summed E-state index contributed by atoms with van der Waals surface area (Å²) < 4.78 is 31.6. The summed E-state index contributed by atoms with van der Waals surface area (Å²) in [6.07, 6.45) is 7.58. The van der Waals surface area contributed by atoms with Gasteiger partial charge in [-0.1, -0.05) is 12.1 Å². The van der Waals surface area contributed by atoms with Crippen molar-refractivity contribution in [2.75, 3.05) is 31.7 Å². The van der Waals surface area contributed by atoms with Crippen LogP contribution in [0.15, 0.2) is 48.7 Å². The van der Waals surface area contributed by atoms with Crippen LogP contribution in [0.2, 0.25) is 0 Å². The lowest BCUT2D eigenvalue weighted by molar-refractivity contribution is -0.143. The van der Waals surface area contributed by atoms with Gasteiger partial charge < -0.3 is 19.1 Å². The van der Waals surface area contributed by atoms with Crippen LogP contribution in [0, 0.1) is 11.7 Å². The van der Waals surface area contributed by atoms with Crippen LogP contribution in [0.5, 0.6) is 11.5 Å². The summed E-state index contributed by atoms with van der Waals surface area (Å²) in [6, 6.07) is 12.6. The average molecular weight is 534 g/mol. The highest BCUT2D eigenvalue weighted by molar-refractivity contribution is 5.74. The first kappa shape index (κ1) is 26.9. The minimum absolute atomic E-state index is 0.134. The molecule has 7 nitrogen and oxygen atoms in total. The third-order valence-electron chi connectivity index (χ3n) is 7.44. The molecule has 2 aliphatic rings. The SMILES string of the molecule is CCOC(=O)C[C@H](c1cccc(OCc2cnc(-c3cc(OC)ccc3F)c(N3CCCCC3)n2)c1)C1CC1. The number of nitrogens with zero attached hydrogens (tertiary/aromatic N) is 3. The van der Waals surface area contributed by atoms with Crippen molar-refractivity contribution >= 4 is 11.8 Å². The van der Waals surface area contributed by atoms with Crippen LogP contribution >= 0.6 is 0 Å². The van der Waals surface area contributed by atoms with E-state index in [0.717, 1.165) is 44.3 Å². The molecule has 2 aromatic carbocycles. The second kappa shape index (κ2) is 12.5. The van der Waals surface area contributed by atoms with Crippen molar-refractivity contribution < 1.29 is 23.4 Å². The second-order valence-corrected chi connectivity index (χ2v) is 10.2. The lowest BCUT2D eigenvalue weighted by atomic mass is 9.91. The van der Waals surface area contributed by atoms with Gasteiger partial charge in [-0.25, -0.2) is 9.37 Å². The zero-order valence-corrected chi connectivity index (χ0v) is 22.7. The van der Waals surface area contributed by atoms with Gasteiger partial charge >= 0.3 is 5.97 Å². The van der Waals surface area contributed by atoms with Crippen LogP contribution < -0.4 is 14.4 Å². The van der Waals surface area contributed by atoms with Gasteiger partial charge in [0.1, 0.15) is 29.6 Å². The van der Waals surface area contributed by atoms with E-state index in [1.807, 2.05) is 25.1 Å². The Kier molecular flexibility index (Phi) is 8.59. The predicted molar refractivity (Wildman–Crippen MR) is 148 cm³/mol. The number of carbonyl (C=O) groups excluding carboxylic acids is 1. The van der Waals surface area contributed by atoms with Gasteiger partial charge in [-0.05, 0) is 86.8 Å². The number of benzene rings is 2. The van der Waals surface area contributed by atoms with Gasteiger partial charge in [0.25, 0.3) is 0 Å². The molecule has 1 aliphatic heterocycles. The Morgan fingerprint density at radius 3 is 2.67 bits per heavy atom. The topological polar surface area (TPSA) is 73.8 Å². The van der Waals surface area contributed by atoms with E-state index >= 15 is 0 Å². The van der Waals surface area contributed by atoms with E-state index in [1.54, 1.807) is 25.4 Å². The van der Waals surface area contributed by atoms with Gasteiger partial charge in [-0.2, -0.15) is 0 Å². The number of methoxy groups -OCH3 is 1. The van der Waals surface area contributed by atoms with Crippen molar-refractivity contribution in [1.82, 2.24) is 9.97 Å². The zero-order chi connectivity index (χ0) is 27.2. The summed E-state index contributed by atoms with van der Waals surface area (Å²) in [5.41, 5.74) is 2.63. The lowest BCUT2D eigenvalue weighted by Crippen LogP contribution is -2.31. The first-order chi connectivity index (χ1) is 19.1. The Labute approximate surface area is 229 Å². The van der Waals surface area contributed by atoms with Crippen LogP contribution in [-0.4, -0.2) is 42.7 Å². The first-order valence-corrected chi connectivity index (χ1v) is 13.9. The predicted octanol–water partition coefficient (Wildman–Crippen LogP) is 6.31. The molecule has 1 saturated heterocycles. The van der Waals surface area contributed by atoms with Gasteiger partial charge in [0.05, 0.1) is 32.0 Å². The fourth-order valence-corrected chi connectivity index (χ4v) is 5.26. The molecule has 206 valence electrons. The third-order valence-corrected chi connectivity index (χ3v) is 7.44. The number of rotatable bonds is 11. The van der Waals surface area contributed by atoms with Crippen molar-refractivity contribution in [3.8, 4) is 22.8 Å². The molecule has 0 N–H and O–H groups in total. The molecule has 0 radical (unpaired) electrons. The number of halogens is 1. The lowest BCUT2D eigenvalue weighted by Gasteiger charge is -2.29. The molecular formula is C31H36FN3O4. The summed E-state index contributed by atoms with van der Waals surface area (Å²) in [5.74, 6) is 2.07. The molecule has 2 fully saturated rings. The number of carbonyl (C=O) groups is 1. The number of ether oxygens (including phenoxy) is 3. The number of aromatic nitrogens is 2. The van der Waals surface area contributed by atoms with Crippen molar-refractivity contribution in [3.63, 3.8) is 0 Å². The van der Waals surface area contributed by atoms with Crippen molar-refractivity contribution in [3.05, 3.63) is 65.7 Å². The second-order valence-electron chi connectivity index (χ2n) is 10.2. The van der Waals surface area contributed by atoms with E-state index in [4.69, 9.17) is 19.2 Å². The number of hydrogen-bond acceptors (Lipinski definition) is 7. The number of piperidine rings is 1. The average Bonchev–Trinajstić information content (AvgIpc) is 3.81. The number of esters is 1. The minimum atomic E-state index is -0.364. The van der Waals surface area contributed by atoms with Gasteiger partial charge in [-0.15, -0.1) is 0 Å². The normalized spacial score (nSPS) is 16.0. The maximum absolute atomic E-state index is 14.9. The summed E-state index contributed by atoms with van der Waals surface area (Å²) in [6.45, 7) is 4.15. The van der Waals surface area contributed by atoms with E-state index in [9.17, 15) is 9.18 Å². The Morgan fingerprint density at radius 1 is 1.10 bits per heavy atom. The number of anilines is 1. The van der Waals surface area contributed by atoms with Gasteiger partial charge in [0.15, 0.2) is 5.82 Å². The Bertz CT molecular complexity index is 1290. The van der Waals surface area contributed by atoms with Crippen LogP contribution in [0.4, 0.5) is 10.2 Å². The molecule has 1 saturated carbocycles. The van der Waals surface area contributed by atoms with E-state index < -0.39 is 0 Å². The molecule has 0 amide bonds. The standard InChI is InChI=1S/C31H36FN3O4/c1-3-38-29(36)18-26(21-10-11-21)22-8-7-9-25(16-22)39-20-23-19-33-30(27-17-24(37-2)12-13-28(27)32)31(34-23)35-14-5-4-6-15-35/h7-9,12-13,16-17,19,21,26H,3-6,10-11,14-15,18,20H2,1-2H3/t26-/m0/s1. The third kappa shape index (κ3) is 6.67. The molecule has 1 aliphatic carbocycles. The minimum Gasteiger partial charge on any atom is -0.497 e. The number of hydrogen-bond donors (Lipinski definition) is 0. The summed E-state index contributed by atoms with van der Waals surface area (Å²) in [7, 11) is 1.56. The van der Waals surface area contributed by atoms with E-state index in [2.05, 4.69) is 16.0 Å². The van der Waals surface area contributed by atoms with Crippen LogP contribution in [0.25, 0.3) is 11.3 Å². The molecule has 5 rings (SSSR count). The maximum Gasteiger partial charge on any atom is 0.306 e. The highest BCUT2D eigenvalue weighted by Gasteiger charge is 2.34. The molecular weight excluding hydrogens is 497 g/mol. The van der Waals surface area contributed by atoms with Crippen LogP contribution in [0.1, 0.15) is 62.6 Å². The molecule has 8 heteroatoms. The zero-order valence-electron chi connectivity index (χ0n) is 22.7. The van der Waals surface area contributed by atoms with Gasteiger partial charge in [0, 0.05) is 18.7 Å². The quantitative estimate of drug-likeness (QED) is 0.268. The Morgan fingerprint density at radius 2 is 1.92 bits per heavy atom. The summed E-state index contributed by atoms with van der Waals surface area (Å²) >= 11 is 0. The molecule has 0 bridgehead atoms. The first-order valence-electron chi connectivity index (χ1n) is 13.9. The molecule has 3 aromatic rings. The molecule has 0 unspecified atom stereocenters. The maximum atomic E-state index is 14.9. The van der Waals surface area contributed by atoms with Gasteiger partial charge in [0.2, 0.25) is 0 Å². The van der Waals surface area contributed by atoms with Crippen molar-refractivity contribution in [2.24, 2.45) is 5.92 Å². The van der Waals surface area contributed by atoms with E-state index in [-0.39, 0.29) is 24.3 Å². The fraction of sp³-hybridized carbons (Fsp3) is 0.452. The smallest absolute Gasteiger partial charge is 0.306 e. The largest absolute Gasteiger partial charge is 0.497 e. The Balaban J connectivity index is 1.37. The fourth-order valence-electron chi connectivity index (χ4n) is 5.26. The van der Waals surface area contributed by atoms with E-state index in [0.29, 0.717) is 53.2 Å². The van der Waals surface area contributed by atoms with E-state index in [1.165, 1.54) is 12.5 Å². The molecule has 1 aromatic heterocycles. The summed E-state index contributed by atoms with van der Waals surface area (Å²) in [4.78, 5) is 24.0. The molecule has 39 heavy (non-hydrogen) atoms. The highest BCUT2D eigenvalue weighted by atomic mass is 19.1. The van der Waals surface area contributed by atoms with Gasteiger partial charge in [-0.3, -0.25) is 9.78 Å². The van der Waals surface area contributed by atoms with Crippen molar-refractivity contribution in [2.45, 2.75) is 58.0 Å². The Hall–Kier alpha value is -3.68. The highest BCUT2D eigenvalue weighted by Crippen LogP contribution is 2.45. The summed E-state index contributed by atoms with van der Waals surface area (Å²) in [5, 5.41) is 0. The molecule has 0 spiro atoms. The molecule has 1 atom stereocenters. The monoisotopic (exact) mass is 533 g/mol. The van der Waals surface area contributed by atoms with Crippen LogP contribution in [0.3, 0.4) is 0 Å².